The number of ether oxygens (including phenoxy) is 2. The number of unbranched alkanes of at least 4 members (excludes halogenated alkanes) is 3. The van der Waals surface area contributed by atoms with Gasteiger partial charge in [0.25, 0.3) is 0 Å². The third kappa shape index (κ3) is 8.06. The van der Waals surface area contributed by atoms with Crippen LogP contribution in [0.1, 0.15) is 25.7 Å². The van der Waals surface area contributed by atoms with E-state index in [-0.39, 0.29) is 12.2 Å². The highest BCUT2D eigenvalue weighted by Gasteiger charge is 2.10. The molecule has 30 heavy (non-hydrogen) atoms. The van der Waals surface area contributed by atoms with Crippen LogP contribution in [0.15, 0.2) is 49.1 Å². The summed E-state index contributed by atoms with van der Waals surface area (Å²) in [6.45, 7) is 1.86. The molecule has 0 aromatic carbocycles. The van der Waals surface area contributed by atoms with Crippen molar-refractivity contribution in [2.24, 2.45) is 0 Å². The highest BCUT2D eigenvalue weighted by molar-refractivity contribution is 5.70. The molecule has 8 nitrogen and oxygen atoms in total. The average Bonchev–Trinajstić information content (AvgIpc) is 2.72. The molecule has 162 valence electrons. The predicted molar refractivity (Wildman–Crippen MR) is 111 cm³/mol. The van der Waals surface area contributed by atoms with Crippen molar-refractivity contribution in [2.45, 2.75) is 38.8 Å². The largest absolute Gasteiger partial charge is 0.414 e. The smallest absolute Gasteiger partial charge is 0.410 e. The van der Waals surface area contributed by atoms with E-state index in [2.05, 4.69) is 9.13 Å². The Morgan fingerprint density at radius 2 is 1.00 bits per heavy atom. The number of hydrogen-bond acceptors (Lipinski definition) is 4. The van der Waals surface area contributed by atoms with Crippen molar-refractivity contribution >= 4 is 12.2 Å². The maximum atomic E-state index is 11.5. The van der Waals surface area contributed by atoms with E-state index in [1.165, 1.54) is 9.80 Å². The van der Waals surface area contributed by atoms with Gasteiger partial charge in [0, 0.05) is 65.3 Å². The van der Waals surface area contributed by atoms with Gasteiger partial charge >= 0.3 is 12.2 Å². The highest BCUT2D eigenvalue weighted by atomic mass is 16.6. The number of nitrogens with zero attached hydrogens (tertiary/aromatic N) is 4. The summed E-state index contributed by atoms with van der Waals surface area (Å²) in [4.78, 5) is 25.9. The molecule has 2 aromatic rings. The minimum absolute atomic E-state index is 0.380. The molecular weight excluding hydrogens is 384 g/mol. The fraction of sp³-hybridized carbons (Fsp3) is 0.455. The van der Waals surface area contributed by atoms with Crippen molar-refractivity contribution in [2.75, 3.05) is 28.2 Å². The van der Waals surface area contributed by atoms with E-state index in [0.717, 1.165) is 38.8 Å². The molecule has 2 rings (SSSR count). The molecule has 2 amide bonds. The Morgan fingerprint density at radius 3 is 1.30 bits per heavy atom. The lowest BCUT2D eigenvalue weighted by atomic mass is 10.2. The minimum atomic E-state index is -0.380. The molecule has 0 radical (unpaired) electrons. The van der Waals surface area contributed by atoms with Crippen LogP contribution in [-0.4, -0.2) is 50.2 Å². The second-order valence-electron chi connectivity index (χ2n) is 7.48. The summed E-state index contributed by atoms with van der Waals surface area (Å²) in [7, 11) is 6.62. The summed E-state index contributed by atoms with van der Waals surface area (Å²) < 4.78 is 14.6. The summed E-state index contributed by atoms with van der Waals surface area (Å²) in [6, 6.07) is 7.21. The van der Waals surface area contributed by atoms with E-state index >= 15 is 0 Å². The average molecular weight is 417 g/mol. The quantitative estimate of drug-likeness (QED) is 0.466. The summed E-state index contributed by atoms with van der Waals surface area (Å²) in [5.74, 6) is 1.09. The van der Waals surface area contributed by atoms with Crippen molar-refractivity contribution in [3.05, 3.63) is 49.1 Å². The molecule has 0 saturated heterocycles. The number of amides is 2. The number of hydrogen-bond donors (Lipinski definition) is 0. The first-order valence-corrected chi connectivity index (χ1v) is 10.1. The second kappa shape index (κ2) is 11.7. The molecule has 0 saturated carbocycles. The maximum absolute atomic E-state index is 11.5. The molecule has 0 unspecified atom stereocenters. The zero-order chi connectivity index (χ0) is 21.9. The van der Waals surface area contributed by atoms with Gasteiger partial charge in [-0.15, -0.1) is 0 Å². The fourth-order valence-electron chi connectivity index (χ4n) is 2.65. The zero-order valence-electron chi connectivity index (χ0n) is 18.3. The van der Waals surface area contributed by atoms with Crippen LogP contribution in [0.3, 0.4) is 0 Å². The lowest BCUT2D eigenvalue weighted by Gasteiger charge is -2.09. The van der Waals surface area contributed by atoms with Gasteiger partial charge in [0.1, 0.15) is 24.6 Å². The SMILES string of the molecule is CN(C)C(=O)Oc1cc[n+](CCCCCC[n+]2ccc(OC(=O)N(C)C)cc2)cc1. The summed E-state index contributed by atoms with van der Waals surface area (Å²) >= 11 is 0. The second-order valence-corrected chi connectivity index (χ2v) is 7.48. The van der Waals surface area contributed by atoms with Gasteiger partial charge in [-0.1, -0.05) is 0 Å². The Bertz CT molecular complexity index is 735. The van der Waals surface area contributed by atoms with E-state index in [1.807, 2.05) is 24.8 Å². The molecule has 2 aromatic heterocycles. The standard InChI is InChI=1S/C22H32N4O4/c1-23(2)21(27)29-19-9-15-25(16-10-19)13-7-5-6-8-14-26-17-11-20(12-18-26)30-22(28)24(3)4/h9-12,15-18H,5-8,13-14H2,1-4H3/q+2. The Morgan fingerprint density at radius 1 is 0.667 bits per heavy atom. The normalized spacial score (nSPS) is 10.4. The van der Waals surface area contributed by atoms with Crippen molar-refractivity contribution in [3.8, 4) is 11.5 Å². The van der Waals surface area contributed by atoms with Gasteiger partial charge in [-0.05, 0) is 12.8 Å². The minimum Gasteiger partial charge on any atom is -0.410 e. The molecule has 0 fully saturated rings. The maximum Gasteiger partial charge on any atom is 0.414 e. The van der Waals surface area contributed by atoms with Gasteiger partial charge in [0.15, 0.2) is 24.8 Å². The number of aryl methyl sites for hydroxylation is 2. The fourth-order valence-corrected chi connectivity index (χ4v) is 2.65. The monoisotopic (exact) mass is 416 g/mol. The highest BCUT2D eigenvalue weighted by Crippen LogP contribution is 2.09. The van der Waals surface area contributed by atoms with Gasteiger partial charge in [-0.2, -0.15) is 0 Å². The lowest BCUT2D eigenvalue weighted by Crippen LogP contribution is -2.33. The Labute approximate surface area is 178 Å². The van der Waals surface area contributed by atoms with Crippen molar-refractivity contribution in [1.82, 2.24) is 9.80 Å². The van der Waals surface area contributed by atoms with Crippen LogP contribution >= 0.6 is 0 Å². The van der Waals surface area contributed by atoms with E-state index in [1.54, 1.807) is 52.5 Å². The molecule has 0 aliphatic carbocycles. The predicted octanol–water partition coefficient (Wildman–Crippen LogP) is 2.64. The van der Waals surface area contributed by atoms with Crippen LogP contribution in [0, 0.1) is 0 Å². The first-order chi connectivity index (χ1) is 14.3. The Balaban J connectivity index is 1.61. The topological polar surface area (TPSA) is 66.8 Å². The Kier molecular flexibility index (Phi) is 9.05. The number of carbonyl (C=O) groups excluding carboxylic acids is 2. The third-order valence-electron chi connectivity index (χ3n) is 4.44. The van der Waals surface area contributed by atoms with Gasteiger partial charge < -0.3 is 19.3 Å². The summed E-state index contributed by atoms with van der Waals surface area (Å²) in [5, 5.41) is 0. The lowest BCUT2D eigenvalue weighted by molar-refractivity contribution is -0.698. The van der Waals surface area contributed by atoms with Gasteiger partial charge in [0.2, 0.25) is 0 Å². The first-order valence-electron chi connectivity index (χ1n) is 10.1. The van der Waals surface area contributed by atoms with Crippen molar-refractivity contribution < 1.29 is 28.2 Å². The third-order valence-corrected chi connectivity index (χ3v) is 4.44. The summed E-state index contributed by atoms with van der Waals surface area (Å²) in [5.41, 5.74) is 0. The number of aromatic nitrogens is 2. The van der Waals surface area contributed by atoms with Crippen LogP contribution in [0.25, 0.3) is 0 Å². The zero-order valence-corrected chi connectivity index (χ0v) is 18.3. The molecule has 0 N–H and O–H groups in total. The summed E-state index contributed by atoms with van der Waals surface area (Å²) in [6.07, 6.45) is 11.4. The molecule has 0 aliphatic rings. The van der Waals surface area contributed by atoms with Crippen LogP contribution in [0.5, 0.6) is 11.5 Å². The van der Waals surface area contributed by atoms with Gasteiger partial charge in [-0.25, -0.2) is 18.7 Å². The van der Waals surface area contributed by atoms with Gasteiger partial charge in [-0.3, -0.25) is 0 Å². The molecule has 0 spiro atoms. The number of rotatable bonds is 9. The Hall–Kier alpha value is -3.16. The van der Waals surface area contributed by atoms with Crippen LogP contribution in [0.4, 0.5) is 9.59 Å². The molecule has 0 atom stereocenters. The molecule has 8 heteroatoms. The number of pyridine rings is 2. The van der Waals surface area contributed by atoms with E-state index in [0.29, 0.717) is 11.5 Å². The van der Waals surface area contributed by atoms with Crippen molar-refractivity contribution in [1.29, 1.82) is 0 Å². The van der Waals surface area contributed by atoms with Crippen LogP contribution in [-0.2, 0) is 13.1 Å². The molecular formula is C22H32N4O4+2. The molecule has 0 aliphatic heterocycles. The molecule has 0 bridgehead atoms. The van der Waals surface area contributed by atoms with E-state index in [9.17, 15) is 9.59 Å². The van der Waals surface area contributed by atoms with E-state index < -0.39 is 0 Å². The van der Waals surface area contributed by atoms with Gasteiger partial charge in [0.05, 0.1) is 0 Å². The van der Waals surface area contributed by atoms with Crippen molar-refractivity contribution in [3.63, 3.8) is 0 Å². The molecule has 2 heterocycles. The van der Waals surface area contributed by atoms with Crippen LogP contribution < -0.4 is 18.6 Å². The number of carbonyl (C=O) groups is 2. The first kappa shape index (κ1) is 23.1. The van der Waals surface area contributed by atoms with Crippen LogP contribution in [0.2, 0.25) is 0 Å². The van der Waals surface area contributed by atoms with E-state index in [4.69, 9.17) is 9.47 Å².